The average molecular weight is 314 g/mol. The van der Waals surface area contributed by atoms with Crippen molar-refractivity contribution in [1.82, 2.24) is 9.97 Å². The lowest BCUT2D eigenvalue weighted by atomic mass is 10.2. The fraction of sp³-hybridized carbons (Fsp3) is 0.353. The fourth-order valence-electron chi connectivity index (χ4n) is 2.39. The summed E-state index contributed by atoms with van der Waals surface area (Å²) < 4.78 is 0. The number of nitrogens with zero attached hydrogens (tertiary/aromatic N) is 3. The van der Waals surface area contributed by atoms with Gasteiger partial charge in [-0.05, 0) is 25.0 Å². The van der Waals surface area contributed by atoms with E-state index >= 15 is 0 Å². The van der Waals surface area contributed by atoms with Gasteiger partial charge in [0.2, 0.25) is 0 Å². The van der Waals surface area contributed by atoms with Crippen LogP contribution in [-0.4, -0.2) is 34.1 Å². The maximum atomic E-state index is 11.3. The van der Waals surface area contributed by atoms with Crippen LogP contribution < -0.4 is 10.2 Å². The van der Waals surface area contributed by atoms with Gasteiger partial charge in [0.1, 0.15) is 18.0 Å². The lowest BCUT2D eigenvalue weighted by molar-refractivity contribution is 0.0698. The second-order valence-corrected chi connectivity index (χ2v) is 5.22. The van der Waals surface area contributed by atoms with E-state index in [1.54, 1.807) is 24.3 Å². The van der Waals surface area contributed by atoms with Crippen molar-refractivity contribution in [2.45, 2.75) is 26.7 Å². The molecule has 0 spiro atoms. The third kappa shape index (κ3) is 4.42. The first-order valence-electron chi connectivity index (χ1n) is 7.82. The summed E-state index contributed by atoms with van der Waals surface area (Å²) in [6.45, 7) is 6.12. The molecule has 23 heavy (non-hydrogen) atoms. The van der Waals surface area contributed by atoms with E-state index in [1.165, 1.54) is 6.33 Å². The minimum Gasteiger partial charge on any atom is -0.478 e. The molecular weight excluding hydrogens is 292 g/mol. The minimum absolute atomic E-state index is 0.214. The van der Waals surface area contributed by atoms with Gasteiger partial charge in [0.25, 0.3) is 0 Å². The van der Waals surface area contributed by atoms with E-state index in [2.05, 4.69) is 34.0 Å². The van der Waals surface area contributed by atoms with Crippen molar-refractivity contribution in [2.75, 3.05) is 23.3 Å². The molecule has 0 unspecified atom stereocenters. The summed E-state index contributed by atoms with van der Waals surface area (Å²) in [5, 5.41) is 12.3. The Morgan fingerprint density at radius 3 is 2.52 bits per heavy atom. The Labute approximate surface area is 136 Å². The standard InChI is InChI=1S/C17H22N4O2/c1-3-9-21(10-4-2)16-11-15(18-12-19-16)20-14-8-6-5-7-13(14)17(22)23/h5-8,11-12H,3-4,9-10H2,1-2H3,(H,22,23)(H,18,19,20). The lowest BCUT2D eigenvalue weighted by Gasteiger charge is -2.22. The lowest BCUT2D eigenvalue weighted by Crippen LogP contribution is -2.25. The molecule has 0 aliphatic rings. The van der Waals surface area contributed by atoms with Crippen LogP contribution in [0.2, 0.25) is 0 Å². The summed E-state index contributed by atoms with van der Waals surface area (Å²) >= 11 is 0. The molecule has 2 aromatic rings. The van der Waals surface area contributed by atoms with Gasteiger partial charge in [0, 0.05) is 19.2 Å². The van der Waals surface area contributed by atoms with Crippen LogP contribution in [0.5, 0.6) is 0 Å². The van der Waals surface area contributed by atoms with Gasteiger partial charge in [0.05, 0.1) is 11.3 Å². The van der Waals surface area contributed by atoms with Gasteiger partial charge in [-0.25, -0.2) is 14.8 Å². The third-order valence-electron chi connectivity index (χ3n) is 3.38. The number of aromatic nitrogens is 2. The number of hydrogen-bond donors (Lipinski definition) is 2. The molecule has 0 bridgehead atoms. The Kier molecular flexibility index (Phi) is 5.91. The molecule has 2 N–H and O–H groups in total. The Morgan fingerprint density at radius 1 is 1.17 bits per heavy atom. The van der Waals surface area contributed by atoms with Crippen molar-refractivity contribution in [3.63, 3.8) is 0 Å². The molecule has 0 amide bonds. The second-order valence-electron chi connectivity index (χ2n) is 5.22. The number of carboxylic acid groups (broad SMARTS) is 1. The summed E-state index contributed by atoms with van der Waals surface area (Å²) in [6, 6.07) is 8.62. The summed E-state index contributed by atoms with van der Waals surface area (Å²) in [6.07, 6.45) is 3.57. The van der Waals surface area contributed by atoms with E-state index in [9.17, 15) is 9.90 Å². The molecule has 0 aliphatic heterocycles. The SMILES string of the molecule is CCCN(CCC)c1cc(Nc2ccccc2C(=O)O)ncn1. The number of hydrogen-bond acceptors (Lipinski definition) is 5. The molecule has 0 atom stereocenters. The van der Waals surface area contributed by atoms with E-state index in [1.807, 2.05) is 6.07 Å². The summed E-state index contributed by atoms with van der Waals surface area (Å²) in [4.78, 5) is 22.0. The molecule has 0 saturated heterocycles. The van der Waals surface area contributed by atoms with Gasteiger partial charge in [0.15, 0.2) is 0 Å². The topological polar surface area (TPSA) is 78.4 Å². The van der Waals surface area contributed by atoms with E-state index in [0.717, 1.165) is 31.7 Å². The molecular formula is C17H22N4O2. The third-order valence-corrected chi connectivity index (χ3v) is 3.38. The van der Waals surface area contributed by atoms with Gasteiger partial charge in [-0.1, -0.05) is 26.0 Å². The van der Waals surface area contributed by atoms with Gasteiger partial charge < -0.3 is 15.3 Å². The highest BCUT2D eigenvalue weighted by molar-refractivity contribution is 5.95. The molecule has 1 aromatic carbocycles. The highest BCUT2D eigenvalue weighted by Gasteiger charge is 2.11. The predicted molar refractivity (Wildman–Crippen MR) is 91.5 cm³/mol. The highest BCUT2D eigenvalue weighted by Crippen LogP contribution is 2.22. The molecule has 0 fully saturated rings. The molecule has 6 nitrogen and oxygen atoms in total. The zero-order chi connectivity index (χ0) is 16.7. The number of nitrogens with one attached hydrogen (secondary N) is 1. The molecule has 0 saturated carbocycles. The minimum atomic E-state index is -0.971. The van der Waals surface area contributed by atoms with Gasteiger partial charge >= 0.3 is 5.97 Å². The Morgan fingerprint density at radius 2 is 1.87 bits per heavy atom. The number of carboxylic acids is 1. The van der Waals surface area contributed by atoms with Crippen LogP contribution in [0.25, 0.3) is 0 Å². The first kappa shape index (κ1) is 16.7. The quantitative estimate of drug-likeness (QED) is 0.776. The van der Waals surface area contributed by atoms with Crippen molar-refractivity contribution in [1.29, 1.82) is 0 Å². The molecule has 0 aliphatic carbocycles. The number of aromatic carboxylic acids is 1. The average Bonchev–Trinajstić information content (AvgIpc) is 2.55. The first-order chi connectivity index (χ1) is 11.2. The molecule has 0 radical (unpaired) electrons. The van der Waals surface area contributed by atoms with Crippen molar-refractivity contribution >= 4 is 23.3 Å². The number of anilines is 3. The molecule has 1 aromatic heterocycles. The Bertz CT molecular complexity index is 655. The Balaban J connectivity index is 2.25. The molecule has 6 heteroatoms. The Hall–Kier alpha value is -2.63. The van der Waals surface area contributed by atoms with E-state index in [4.69, 9.17) is 0 Å². The zero-order valence-corrected chi connectivity index (χ0v) is 13.5. The summed E-state index contributed by atoms with van der Waals surface area (Å²) in [7, 11) is 0. The van der Waals surface area contributed by atoms with Gasteiger partial charge in [-0.2, -0.15) is 0 Å². The zero-order valence-electron chi connectivity index (χ0n) is 13.5. The maximum absolute atomic E-state index is 11.3. The van der Waals surface area contributed by atoms with E-state index in [0.29, 0.717) is 11.5 Å². The van der Waals surface area contributed by atoms with Crippen molar-refractivity contribution in [3.8, 4) is 0 Å². The fourth-order valence-corrected chi connectivity index (χ4v) is 2.39. The maximum Gasteiger partial charge on any atom is 0.337 e. The van der Waals surface area contributed by atoms with E-state index in [-0.39, 0.29) is 5.56 Å². The summed E-state index contributed by atoms with van der Waals surface area (Å²) in [5.41, 5.74) is 0.730. The highest BCUT2D eigenvalue weighted by atomic mass is 16.4. The largest absolute Gasteiger partial charge is 0.478 e. The normalized spacial score (nSPS) is 10.3. The molecule has 1 heterocycles. The number of benzene rings is 1. The van der Waals surface area contributed by atoms with Crippen LogP contribution in [0.15, 0.2) is 36.7 Å². The van der Waals surface area contributed by atoms with Gasteiger partial charge in [-0.3, -0.25) is 0 Å². The van der Waals surface area contributed by atoms with Crippen molar-refractivity contribution < 1.29 is 9.90 Å². The molecule has 2 rings (SSSR count). The van der Waals surface area contributed by atoms with E-state index < -0.39 is 5.97 Å². The summed E-state index contributed by atoms with van der Waals surface area (Å²) in [5.74, 6) is 0.459. The number of rotatable bonds is 8. The molecule has 122 valence electrons. The van der Waals surface area contributed by atoms with Crippen LogP contribution in [0.3, 0.4) is 0 Å². The first-order valence-corrected chi connectivity index (χ1v) is 7.82. The van der Waals surface area contributed by atoms with Crippen LogP contribution in [0, 0.1) is 0 Å². The smallest absolute Gasteiger partial charge is 0.337 e. The van der Waals surface area contributed by atoms with Crippen molar-refractivity contribution in [3.05, 3.63) is 42.2 Å². The number of carbonyl (C=O) groups is 1. The predicted octanol–water partition coefficient (Wildman–Crippen LogP) is 3.54. The van der Waals surface area contributed by atoms with Crippen LogP contribution >= 0.6 is 0 Å². The van der Waals surface area contributed by atoms with Crippen LogP contribution in [0.4, 0.5) is 17.3 Å². The number of para-hydroxylation sites is 1. The second kappa shape index (κ2) is 8.12. The van der Waals surface area contributed by atoms with Crippen molar-refractivity contribution in [2.24, 2.45) is 0 Å². The van der Waals surface area contributed by atoms with Crippen LogP contribution in [0.1, 0.15) is 37.0 Å². The monoisotopic (exact) mass is 314 g/mol. The van der Waals surface area contributed by atoms with Crippen LogP contribution in [-0.2, 0) is 0 Å². The van der Waals surface area contributed by atoms with Gasteiger partial charge in [-0.15, -0.1) is 0 Å².